The Morgan fingerprint density at radius 2 is 2.00 bits per heavy atom. The van der Waals surface area contributed by atoms with E-state index in [0.29, 0.717) is 4.58 Å². The van der Waals surface area contributed by atoms with Crippen molar-refractivity contribution in [1.82, 2.24) is 5.10 Å². The van der Waals surface area contributed by atoms with Crippen molar-refractivity contribution < 1.29 is 21.8 Å². The zero-order valence-corrected chi connectivity index (χ0v) is 13.8. The van der Waals surface area contributed by atoms with E-state index in [9.17, 15) is 0 Å². The van der Waals surface area contributed by atoms with Crippen LogP contribution in [0.1, 0.15) is 21.5 Å². The maximum absolute atomic E-state index is 5.49. The lowest BCUT2D eigenvalue weighted by molar-refractivity contribution is -0.746. The van der Waals surface area contributed by atoms with Gasteiger partial charge in [-0.25, -0.2) is 0 Å². The van der Waals surface area contributed by atoms with Gasteiger partial charge in [-0.3, -0.25) is 0 Å². The van der Waals surface area contributed by atoms with E-state index in [1.807, 2.05) is 29.6 Å². The molecular formula is C13H21ClN2OS2. The Morgan fingerprint density at radius 3 is 2.58 bits per heavy atom. The number of rotatable bonds is 3. The second-order valence-electron chi connectivity index (χ2n) is 4.32. The van der Waals surface area contributed by atoms with Gasteiger partial charge in [0.15, 0.2) is 6.54 Å². The Hall–Kier alpha value is -0.100. The Bertz CT molecular complexity index is 415. The topological polar surface area (TPSA) is 28.9 Å². The van der Waals surface area contributed by atoms with Crippen LogP contribution < -0.4 is 17.1 Å². The molecule has 0 aromatic carbocycles. The van der Waals surface area contributed by atoms with Crippen molar-refractivity contribution in [1.29, 1.82) is 0 Å². The number of halogens is 1. The molecule has 2 rings (SSSR count). The SMILES string of the molecule is C=CC[n+]1[nH]c(C)c(C2SCCOCCS2)c1C.[Cl-]. The first kappa shape index (κ1) is 17.0. The number of hydrogen-bond acceptors (Lipinski definition) is 3. The van der Waals surface area contributed by atoms with Gasteiger partial charge in [-0.1, -0.05) is 6.58 Å². The zero-order valence-electron chi connectivity index (χ0n) is 11.4. The van der Waals surface area contributed by atoms with Gasteiger partial charge in [-0.05, 0) is 13.0 Å². The molecule has 19 heavy (non-hydrogen) atoms. The van der Waals surface area contributed by atoms with Crippen LogP contribution in [0.25, 0.3) is 0 Å². The molecule has 6 heteroatoms. The van der Waals surface area contributed by atoms with Crippen molar-refractivity contribution >= 4 is 23.5 Å². The maximum Gasteiger partial charge on any atom is 0.210 e. The first-order valence-corrected chi connectivity index (χ1v) is 8.34. The second kappa shape index (κ2) is 8.25. The molecule has 0 spiro atoms. The smallest absolute Gasteiger partial charge is 0.210 e. The normalized spacial score (nSPS) is 17.4. The average molecular weight is 321 g/mol. The van der Waals surface area contributed by atoms with E-state index >= 15 is 0 Å². The largest absolute Gasteiger partial charge is 1.00 e. The lowest BCUT2D eigenvalue weighted by Gasteiger charge is -2.18. The fourth-order valence-corrected chi connectivity index (χ4v) is 5.01. The van der Waals surface area contributed by atoms with E-state index in [2.05, 4.69) is 30.2 Å². The Labute approximate surface area is 130 Å². The molecule has 0 unspecified atom stereocenters. The fourth-order valence-electron chi connectivity index (χ4n) is 2.17. The quantitative estimate of drug-likeness (QED) is 0.607. The van der Waals surface area contributed by atoms with Gasteiger partial charge in [0.2, 0.25) is 5.69 Å². The van der Waals surface area contributed by atoms with Crippen LogP contribution in [0.4, 0.5) is 0 Å². The molecule has 0 bridgehead atoms. The lowest BCUT2D eigenvalue weighted by Crippen LogP contribution is -3.00. The first-order valence-electron chi connectivity index (χ1n) is 6.24. The van der Waals surface area contributed by atoms with Crippen LogP contribution in [-0.4, -0.2) is 29.8 Å². The van der Waals surface area contributed by atoms with Crippen LogP contribution in [0.3, 0.4) is 0 Å². The van der Waals surface area contributed by atoms with Crippen LogP contribution in [0.2, 0.25) is 0 Å². The van der Waals surface area contributed by atoms with Crippen LogP contribution >= 0.6 is 23.5 Å². The minimum absolute atomic E-state index is 0. The third kappa shape index (κ3) is 4.18. The third-order valence-electron chi connectivity index (χ3n) is 3.04. The van der Waals surface area contributed by atoms with Gasteiger partial charge in [-0.15, -0.1) is 28.2 Å². The van der Waals surface area contributed by atoms with E-state index in [-0.39, 0.29) is 12.4 Å². The second-order valence-corrected chi connectivity index (χ2v) is 7.05. The molecule has 2 heterocycles. The average Bonchev–Trinajstić information content (AvgIpc) is 2.56. The number of nitrogens with zero attached hydrogens (tertiary/aromatic N) is 1. The summed E-state index contributed by atoms with van der Waals surface area (Å²) < 4.78 is 8.19. The van der Waals surface area contributed by atoms with Crippen molar-refractivity contribution in [2.24, 2.45) is 0 Å². The molecule has 1 aliphatic heterocycles. The number of aryl methyl sites for hydroxylation is 1. The highest BCUT2D eigenvalue weighted by atomic mass is 35.5. The third-order valence-corrected chi connectivity index (χ3v) is 5.74. The predicted octanol–water partition coefficient (Wildman–Crippen LogP) is -0.396. The highest BCUT2D eigenvalue weighted by molar-refractivity contribution is 8.16. The number of thioether (sulfide) groups is 2. The van der Waals surface area contributed by atoms with E-state index in [0.717, 1.165) is 31.3 Å². The van der Waals surface area contributed by atoms with Gasteiger partial charge >= 0.3 is 0 Å². The molecule has 0 atom stereocenters. The summed E-state index contributed by atoms with van der Waals surface area (Å²) in [6.07, 6.45) is 1.93. The Morgan fingerprint density at radius 1 is 1.37 bits per heavy atom. The molecule has 0 saturated carbocycles. The summed E-state index contributed by atoms with van der Waals surface area (Å²) in [5.41, 5.74) is 4.06. The molecule has 108 valence electrons. The number of H-pyrrole nitrogens is 1. The van der Waals surface area contributed by atoms with Crippen LogP contribution in [-0.2, 0) is 11.3 Å². The van der Waals surface area contributed by atoms with Gasteiger partial charge in [-0.2, -0.15) is 5.10 Å². The van der Waals surface area contributed by atoms with E-state index in [4.69, 9.17) is 4.74 Å². The highest BCUT2D eigenvalue weighted by Gasteiger charge is 2.26. The number of aromatic nitrogens is 2. The molecule has 1 fully saturated rings. The summed E-state index contributed by atoms with van der Waals surface area (Å²) in [6.45, 7) is 10.8. The van der Waals surface area contributed by atoms with Gasteiger partial charge in [0, 0.05) is 18.4 Å². The van der Waals surface area contributed by atoms with E-state index in [1.54, 1.807) is 0 Å². The summed E-state index contributed by atoms with van der Waals surface area (Å²) in [4.78, 5) is 0. The molecule has 0 amide bonds. The molecule has 0 aliphatic carbocycles. The van der Waals surface area contributed by atoms with Crippen molar-refractivity contribution in [2.75, 3.05) is 24.7 Å². The van der Waals surface area contributed by atoms with E-state index < -0.39 is 0 Å². The minimum Gasteiger partial charge on any atom is -1.00 e. The zero-order chi connectivity index (χ0) is 13.0. The molecule has 1 N–H and O–H groups in total. The summed E-state index contributed by atoms with van der Waals surface area (Å²) in [6, 6.07) is 0. The van der Waals surface area contributed by atoms with Crippen LogP contribution in [0.15, 0.2) is 12.7 Å². The van der Waals surface area contributed by atoms with Crippen molar-refractivity contribution in [3.63, 3.8) is 0 Å². The molecule has 1 aliphatic rings. The monoisotopic (exact) mass is 320 g/mol. The Balaban J connectivity index is 0.00000180. The number of hydrogen-bond donors (Lipinski definition) is 1. The van der Waals surface area contributed by atoms with E-state index in [1.165, 1.54) is 17.0 Å². The number of ether oxygens (including phenoxy) is 1. The first-order chi connectivity index (χ1) is 8.74. The van der Waals surface area contributed by atoms with Gasteiger partial charge in [0.25, 0.3) is 0 Å². The summed E-state index contributed by atoms with van der Waals surface area (Å²) in [5.74, 6) is 2.15. The molecular weight excluding hydrogens is 300 g/mol. The van der Waals surface area contributed by atoms with Gasteiger partial charge < -0.3 is 17.1 Å². The van der Waals surface area contributed by atoms with Crippen molar-refractivity contribution in [3.05, 3.63) is 29.6 Å². The maximum atomic E-state index is 5.49. The predicted molar refractivity (Wildman–Crippen MR) is 79.1 cm³/mol. The number of allylic oxidation sites excluding steroid dienone is 1. The van der Waals surface area contributed by atoms with Crippen molar-refractivity contribution in [3.8, 4) is 0 Å². The lowest BCUT2D eigenvalue weighted by atomic mass is 10.2. The highest BCUT2D eigenvalue weighted by Crippen LogP contribution is 2.42. The number of nitrogens with one attached hydrogen (secondary N) is 1. The standard InChI is InChI=1S/C13H20N2OS2.ClH/c1-4-5-15-11(3)12(10(2)14-15)13-17-8-6-16-7-9-18-13;/h4,13H,1,5-9H2,2-3H3;1H. The molecule has 1 aromatic heterocycles. The van der Waals surface area contributed by atoms with Crippen molar-refractivity contribution in [2.45, 2.75) is 25.0 Å². The van der Waals surface area contributed by atoms with Gasteiger partial charge in [0.1, 0.15) is 0 Å². The number of aromatic amines is 1. The molecule has 3 nitrogen and oxygen atoms in total. The molecule has 0 radical (unpaired) electrons. The van der Waals surface area contributed by atoms with Crippen LogP contribution in [0.5, 0.6) is 0 Å². The Kier molecular flexibility index (Phi) is 7.36. The summed E-state index contributed by atoms with van der Waals surface area (Å²) >= 11 is 3.98. The minimum atomic E-state index is 0. The summed E-state index contributed by atoms with van der Waals surface area (Å²) in [7, 11) is 0. The molecule has 1 saturated heterocycles. The van der Waals surface area contributed by atoms with Gasteiger partial charge in [0.05, 0.1) is 29.1 Å². The molecule has 1 aromatic rings. The fraction of sp³-hybridized carbons (Fsp3) is 0.615. The summed E-state index contributed by atoms with van der Waals surface area (Å²) in [5, 5.41) is 3.43. The van der Waals surface area contributed by atoms with Crippen LogP contribution in [0, 0.1) is 13.8 Å².